The number of hydrogen-bond donors (Lipinski definition) is 3. The van der Waals surface area contributed by atoms with E-state index in [1.165, 1.54) is 0 Å². The second-order valence-corrected chi connectivity index (χ2v) is 5.53. The number of aliphatic hydroxyl groups is 1. The van der Waals surface area contributed by atoms with E-state index in [-0.39, 0.29) is 6.42 Å². The van der Waals surface area contributed by atoms with E-state index in [0.717, 1.165) is 16.7 Å². The van der Waals surface area contributed by atoms with Crippen LogP contribution in [0.4, 0.5) is 0 Å². The van der Waals surface area contributed by atoms with Gasteiger partial charge in [-0.3, -0.25) is 10.0 Å². The molecule has 0 aliphatic heterocycles. The number of nitrogens with one attached hydrogen (secondary N) is 1. The Kier molecular flexibility index (Phi) is 7.03. The molecule has 3 N–H and O–H groups in total. The van der Waals surface area contributed by atoms with Gasteiger partial charge in [-0.25, -0.2) is 5.48 Å². The molecule has 0 aliphatic rings. The summed E-state index contributed by atoms with van der Waals surface area (Å²) in [6.07, 6.45) is 1.62. The lowest BCUT2D eigenvalue weighted by Gasteiger charge is -2.10. The Morgan fingerprint density at radius 1 is 0.958 bits per heavy atom. The van der Waals surface area contributed by atoms with Crippen molar-refractivity contribution in [2.45, 2.75) is 31.8 Å². The summed E-state index contributed by atoms with van der Waals surface area (Å²) in [6.45, 7) is 0. The van der Waals surface area contributed by atoms with Crippen molar-refractivity contribution in [3.63, 3.8) is 0 Å². The van der Waals surface area contributed by atoms with Crippen LogP contribution in [0.3, 0.4) is 0 Å². The van der Waals surface area contributed by atoms with E-state index in [1.807, 2.05) is 54.6 Å². The Balaban J connectivity index is 1.85. The van der Waals surface area contributed by atoms with Crippen molar-refractivity contribution >= 4 is 5.91 Å². The molecular weight excluding hydrogens is 302 g/mol. The standard InChI is InChI=1S/C20H21NO3/c22-19(8-4-5-9-20(23)21-24)18-14-12-17(13-15-18)11-10-16-6-2-1-3-7-16/h1-3,6-7,12-15,19,22,24H,4-5,8-9H2,(H,21,23)/t19-/m1/s1. The van der Waals surface area contributed by atoms with E-state index < -0.39 is 12.0 Å². The van der Waals surface area contributed by atoms with Crippen LogP contribution in [-0.2, 0) is 4.79 Å². The quantitative estimate of drug-likeness (QED) is 0.331. The van der Waals surface area contributed by atoms with Crippen LogP contribution in [0.2, 0.25) is 0 Å². The average Bonchev–Trinajstić information content (AvgIpc) is 2.64. The normalized spacial score (nSPS) is 11.2. The van der Waals surface area contributed by atoms with Crippen molar-refractivity contribution in [2.24, 2.45) is 0 Å². The number of hydrogen-bond acceptors (Lipinski definition) is 3. The van der Waals surface area contributed by atoms with Crippen molar-refractivity contribution in [3.8, 4) is 11.8 Å². The largest absolute Gasteiger partial charge is 0.388 e. The Labute approximate surface area is 142 Å². The molecule has 0 aromatic heterocycles. The molecular formula is C20H21NO3. The Morgan fingerprint density at radius 2 is 1.58 bits per heavy atom. The minimum Gasteiger partial charge on any atom is -0.388 e. The number of amides is 1. The molecule has 0 unspecified atom stereocenters. The highest BCUT2D eigenvalue weighted by atomic mass is 16.5. The predicted molar refractivity (Wildman–Crippen MR) is 92.2 cm³/mol. The summed E-state index contributed by atoms with van der Waals surface area (Å²) in [5.41, 5.74) is 4.30. The maximum atomic E-state index is 10.9. The summed E-state index contributed by atoms with van der Waals surface area (Å²) < 4.78 is 0. The summed E-state index contributed by atoms with van der Waals surface area (Å²) in [7, 11) is 0. The average molecular weight is 323 g/mol. The van der Waals surface area contributed by atoms with E-state index in [1.54, 1.807) is 5.48 Å². The van der Waals surface area contributed by atoms with Crippen LogP contribution >= 0.6 is 0 Å². The monoisotopic (exact) mass is 323 g/mol. The molecule has 1 amide bonds. The smallest absolute Gasteiger partial charge is 0.243 e. The van der Waals surface area contributed by atoms with Gasteiger partial charge >= 0.3 is 0 Å². The number of carbonyl (C=O) groups is 1. The first kappa shape index (κ1) is 17.7. The molecule has 4 nitrogen and oxygen atoms in total. The van der Waals surface area contributed by atoms with Gasteiger partial charge < -0.3 is 5.11 Å². The fourth-order valence-corrected chi connectivity index (χ4v) is 2.30. The lowest BCUT2D eigenvalue weighted by atomic mass is 10.0. The molecule has 1 atom stereocenters. The molecule has 124 valence electrons. The van der Waals surface area contributed by atoms with Gasteiger partial charge in [-0.15, -0.1) is 0 Å². The first-order valence-electron chi connectivity index (χ1n) is 7.97. The molecule has 0 fully saturated rings. The zero-order valence-corrected chi connectivity index (χ0v) is 13.4. The molecule has 4 heteroatoms. The number of unbranched alkanes of at least 4 members (excludes halogenated alkanes) is 1. The molecule has 24 heavy (non-hydrogen) atoms. The van der Waals surface area contributed by atoms with Crippen LogP contribution in [0.15, 0.2) is 54.6 Å². The third kappa shape index (κ3) is 5.88. The van der Waals surface area contributed by atoms with Crippen molar-refractivity contribution in [3.05, 3.63) is 71.3 Å². The molecule has 0 heterocycles. The molecule has 0 aliphatic carbocycles. The van der Waals surface area contributed by atoms with Crippen molar-refractivity contribution in [1.29, 1.82) is 0 Å². The van der Waals surface area contributed by atoms with Crippen molar-refractivity contribution in [2.75, 3.05) is 0 Å². The highest BCUT2D eigenvalue weighted by molar-refractivity contribution is 5.74. The Morgan fingerprint density at radius 3 is 2.21 bits per heavy atom. The SMILES string of the molecule is O=C(CCCC[C@@H](O)c1ccc(C#Cc2ccccc2)cc1)NO. The van der Waals surface area contributed by atoms with Crippen molar-refractivity contribution < 1.29 is 15.1 Å². The maximum absolute atomic E-state index is 10.9. The van der Waals surface area contributed by atoms with Crippen molar-refractivity contribution in [1.82, 2.24) is 5.48 Å². The fourth-order valence-electron chi connectivity index (χ4n) is 2.30. The fraction of sp³-hybridized carbons (Fsp3) is 0.250. The first-order chi connectivity index (χ1) is 11.7. The molecule has 0 saturated carbocycles. The zero-order valence-electron chi connectivity index (χ0n) is 13.4. The van der Waals surface area contributed by atoms with Crippen LogP contribution in [0.1, 0.15) is 48.5 Å². The number of aliphatic hydroxyl groups excluding tert-OH is 1. The molecule has 0 saturated heterocycles. The van der Waals surface area contributed by atoms with Gasteiger partial charge in [0.15, 0.2) is 0 Å². The van der Waals surface area contributed by atoms with E-state index in [2.05, 4.69) is 11.8 Å². The van der Waals surface area contributed by atoms with Gasteiger partial charge in [0.25, 0.3) is 0 Å². The van der Waals surface area contributed by atoms with Crippen LogP contribution in [-0.4, -0.2) is 16.2 Å². The highest BCUT2D eigenvalue weighted by Crippen LogP contribution is 2.20. The number of benzene rings is 2. The molecule has 0 radical (unpaired) electrons. The number of rotatable bonds is 6. The summed E-state index contributed by atoms with van der Waals surface area (Å²) in [4.78, 5) is 10.9. The van der Waals surface area contributed by atoms with Crippen LogP contribution in [0.5, 0.6) is 0 Å². The third-order valence-corrected chi connectivity index (χ3v) is 3.68. The Bertz CT molecular complexity index is 699. The topological polar surface area (TPSA) is 69.6 Å². The minimum absolute atomic E-state index is 0.261. The molecule has 2 rings (SSSR count). The summed E-state index contributed by atoms with van der Waals surface area (Å²) in [6, 6.07) is 17.3. The number of carbonyl (C=O) groups excluding carboxylic acids is 1. The molecule has 2 aromatic rings. The zero-order chi connectivity index (χ0) is 17.2. The van der Waals surface area contributed by atoms with Gasteiger partial charge in [-0.2, -0.15) is 0 Å². The second-order valence-electron chi connectivity index (χ2n) is 5.53. The summed E-state index contributed by atoms with van der Waals surface area (Å²) in [5.74, 6) is 5.80. The number of hydroxylamine groups is 1. The lowest BCUT2D eigenvalue weighted by Crippen LogP contribution is -2.17. The minimum atomic E-state index is -0.557. The predicted octanol–water partition coefficient (Wildman–Crippen LogP) is 3.19. The highest BCUT2D eigenvalue weighted by Gasteiger charge is 2.07. The van der Waals surface area contributed by atoms with Gasteiger partial charge in [-0.05, 0) is 42.7 Å². The first-order valence-corrected chi connectivity index (χ1v) is 7.97. The van der Waals surface area contributed by atoms with Crippen LogP contribution in [0.25, 0.3) is 0 Å². The molecule has 0 spiro atoms. The third-order valence-electron chi connectivity index (χ3n) is 3.68. The van der Waals surface area contributed by atoms with E-state index >= 15 is 0 Å². The van der Waals surface area contributed by atoms with E-state index in [0.29, 0.717) is 19.3 Å². The van der Waals surface area contributed by atoms with Gasteiger partial charge in [0.05, 0.1) is 6.10 Å². The van der Waals surface area contributed by atoms with Gasteiger partial charge in [-0.1, -0.05) is 48.6 Å². The van der Waals surface area contributed by atoms with Gasteiger partial charge in [0, 0.05) is 17.5 Å². The Hall–Kier alpha value is -2.61. The lowest BCUT2D eigenvalue weighted by molar-refractivity contribution is -0.129. The van der Waals surface area contributed by atoms with E-state index in [4.69, 9.17) is 5.21 Å². The van der Waals surface area contributed by atoms with Gasteiger partial charge in [0.2, 0.25) is 5.91 Å². The van der Waals surface area contributed by atoms with Crippen LogP contribution < -0.4 is 5.48 Å². The maximum Gasteiger partial charge on any atom is 0.243 e. The summed E-state index contributed by atoms with van der Waals surface area (Å²) >= 11 is 0. The molecule has 0 bridgehead atoms. The molecule has 2 aromatic carbocycles. The van der Waals surface area contributed by atoms with Crippen LogP contribution in [0, 0.1) is 11.8 Å². The van der Waals surface area contributed by atoms with Gasteiger partial charge in [0.1, 0.15) is 0 Å². The summed E-state index contributed by atoms with van der Waals surface area (Å²) in [5, 5.41) is 18.6. The second kappa shape index (κ2) is 9.51. The van der Waals surface area contributed by atoms with E-state index in [9.17, 15) is 9.90 Å².